The number of carboxylic acid groups (broad SMARTS) is 1. The van der Waals surface area contributed by atoms with Gasteiger partial charge < -0.3 is 10.2 Å². The number of benzene rings is 1. The van der Waals surface area contributed by atoms with Crippen molar-refractivity contribution in [1.82, 2.24) is 0 Å². The van der Waals surface area contributed by atoms with E-state index >= 15 is 0 Å². The molecule has 0 saturated carbocycles. The number of aliphatic carboxylic acids is 1. The van der Waals surface area contributed by atoms with Gasteiger partial charge in [-0.15, -0.1) is 0 Å². The molecule has 0 radical (unpaired) electrons. The van der Waals surface area contributed by atoms with Crippen LogP contribution >= 0.6 is 15.9 Å². The van der Waals surface area contributed by atoms with Crippen molar-refractivity contribution >= 4 is 21.9 Å². The highest BCUT2D eigenvalue weighted by Gasteiger charge is 2.13. The quantitative estimate of drug-likeness (QED) is 0.847. The van der Waals surface area contributed by atoms with E-state index in [1.54, 1.807) is 18.2 Å². The third-order valence-electron chi connectivity index (χ3n) is 1.60. The topological polar surface area (TPSA) is 57.5 Å². The summed E-state index contributed by atoms with van der Waals surface area (Å²) in [5.74, 6) is -1.19. The van der Waals surface area contributed by atoms with Crippen molar-refractivity contribution in [3.63, 3.8) is 0 Å². The van der Waals surface area contributed by atoms with Crippen LogP contribution in [-0.2, 0) is 11.2 Å². The molecule has 0 aliphatic carbocycles. The maximum absolute atomic E-state index is 10.3. The monoisotopic (exact) mass is 244 g/mol. The van der Waals surface area contributed by atoms with Crippen molar-refractivity contribution in [1.29, 1.82) is 0 Å². The number of carbonyl (C=O) groups is 1. The minimum absolute atomic E-state index is 0.134. The van der Waals surface area contributed by atoms with Crippen molar-refractivity contribution < 1.29 is 15.0 Å². The Morgan fingerprint density at radius 2 is 2.23 bits per heavy atom. The lowest BCUT2D eigenvalue weighted by Gasteiger charge is -2.05. The fraction of sp³-hybridized carbons (Fsp3) is 0.222. The van der Waals surface area contributed by atoms with E-state index in [0.717, 1.165) is 10.0 Å². The molecule has 70 valence electrons. The van der Waals surface area contributed by atoms with Crippen LogP contribution in [0.15, 0.2) is 28.7 Å². The van der Waals surface area contributed by atoms with Gasteiger partial charge in [-0.05, 0) is 17.7 Å². The molecule has 0 amide bonds. The number of aliphatic hydroxyl groups excluding tert-OH is 1. The summed E-state index contributed by atoms with van der Waals surface area (Å²) in [5.41, 5.74) is 0.796. The minimum Gasteiger partial charge on any atom is -0.479 e. The van der Waals surface area contributed by atoms with Crippen molar-refractivity contribution in [2.45, 2.75) is 12.5 Å². The number of carboxylic acids is 1. The zero-order valence-corrected chi connectivity index (χ0v) is 8.36. The molecule has 1 rings (SSSR count). The molecule has 0 aliphatic heterocycles. The molecule has 0 spiro atoms. The molecule has 1 aromatic carbocycles. The highest BCUT2D eigenvalue weighted by Crippen LogP contribution is 2.13. The molecule has 1 atom stereocenters. The molecule has 2 N–H and O–H groups in total. The predicted octanol–water partition coefficient (Wildman–Crippen LogP) is 1.44. The van der Waals surface area contributed by atoms with Crippen LogP contribution in [0.2, 0.25) is 0 Å². The number of halogens is 1. The van der Waals surface area contributed by atoms with Gasteiger partial charge in [-0.25, -0.2) is 4.79 Å². The van der Waals surface area contributed by atoms with Crippen LogP contribution in [0, 0.1) is 0 Å². The van der Waals surface area contributed by atoms with Gasteiger partial charge in [0.1, 0.15) is 0 Å². The van der Waals surface area contributed by atoms with Crippen molar-refractivity contribution in [2.24, 2.45) is 0 Å². The van der Waals surface area contributed by atoms with E-state index < -0.39 is 12.1 Å². The Morgan fingerprint density at radius 1 is 1.54 bits per heavy atom. The first-order chi connectivity index (χ1) is 6.09. The molecule has 0 heterocycles. The van der Waals surface area contributed by atoms with Crippen LogP contribution in [0.1, 0.15) is 5.56 Å². The van der Waals surface area contributed by atoms with Crippen LogP contribution in [0.25, 0.3) is 0 Å². The Kier molecular flexibility index (Phi) is 3.45. The summed E-state index contributed by atoms with van der Waals surface area (Å²) >= 11 is 3.26. The normalized spacial score (nSPS) is 12.5. The third kappa shape index (κ3) is 3.16. The summed E-state index contributed by atoms with van der Waals surface area (Å²) in [6.45, 7) is 0. The molecule has 0 fully saturated rings. The molecule has 1 aromatic rings. The summed E-state index contributed by atoms with van der Waals surface area (Å²) in [6, 6.07) is 7.20. The van der Waals surface area contributed by atoms with Crippen LogP contribution < -0.4 is 0 Å². The Balaban J connectivity index is 2.69. The van der Waals surface area contributed by atoms with Gasteiger partial charge in [0, 0.05) is 10.9 Å². The Bertz CT molecular complexity index is 311. The summed E-state index contributed by atoms with van der Waals surface area (Å²) in [5, 5.41) is 17.5. The number of hydrogen-bond donors (Lipinski definition) is 2. The van der Waals surface area contributed by atoms with E-state index in [0.29, 0.717) is 0 Å². The lowest BCUT2D eigenvalue weighted by molar-refractivity contribution is -0.146. The molecular weight excluding hydrogens is 236 g/mol. The first-order valence-corrected chi connectivity index (χ1v) is 4.54. The molecule has 0 saturated heterocycles. The summed E-state index contributed by atoms with van der Waals surface area (Å²) in [4.78, 5) is 10.3. The third-order valence-corrected chi connectivity index (χ3v) is 2.10. The maximum atomic E-state index is 10.3. The van der Waals surface area contributed by atoms with Gasteiger partial charge in [0.25, 0.3) is 0 Å². The van der Waals surface area contributed by atoms with Gasteiger partial charge in [-0.2, -0.15) is 0 Å². The number of aliphatic hydroxyl groups is 1. The van der Waals surface area contributed by atoms with E-state index in [1.165, 1.54) is 0 Å². The minimum atomic E-state index is -1.32. The van der Waals surface area contributed by atoms with E-state index in [9.17, 15) is 4.79 Å². The molecule has 0 aromatic heterocycles. The van der Waals surface area contributed by atoms with Gasteiger partial charge >= 0.3 is 5.97 Å². The molecule has 3 nitrogen and oxygen atoms in total. The number of hydrogen-bond acceptors (Lipinski definition) is 2. The predicted molar refractivity (Wildman–Crippen MR) is 51.5 cm³/mol. The van der Waals surface area contributed by atoms with Crippen molar-refractivity contribution in [3.8, 4) is 0 Å². The fourth-order valence-electron chi connectivity index (χ4n) is 0.975. The molecule has 0 aliphatic rings. The summed E-state index contributed by atoms with van der Waals surface area (Å²) in [6.07, 6.45) is -1.19. The lowest BCUT2D eigenvalue weighted by Crippen LogP contribution is -2.21. The van der Waals surface area contributed by atoms with E-state index in [-0.39, 0.29) is 6.42 Å². The second-order valence-corrected chi connectivity index (χ2v) is 3.60. The van der Waals surface area contributed by atoms with E-state index in [1.807, 2.05) is 6.07 Å². The molecule has 13 heavy (non-hydrogen) atoms. The standard InChI is InChI=1S/C9H9BrO3/c10-7-3-1-2-6(4-7)5-8(11)9(12)13/h1-4,8,11H,5H2,(H,12,13)/t8-/m0/s1. The van der Waals surface area contributed by atoms with Crippen LogP contribution in [0.3, 0.4) is 0 Å². The van der Waals surface area contributed by atoms with Crippen molar-refractivity contribution in [2.75, 3.05) is 0 Å². The first-order valence-electron chi connectivity index (χ1n) is 3.75. The second kappa shape index (κ2) is 4.39. The van der Waals surface area contributed by atoms with Crippen LogP contribution in [-0.4, -0.2) is 22.3 Å². The van der Waals surface area contributed by atoms with Crippen LogP contribution in [0.4, 0.5) is 0 Å². The Hall–Kier alpha value is -0.870. The molecule has 0 bridgehead atoms. The SMILES string of the molecule is O=C(O)[C@@H](O)Cc1cccc(Br)c1. The molecular formula is C9H9BrO3. The first kappa shape index (κ1) is 10.2. The van der Waals surface area contributed by atoms with Gasteiger partial charge in [0.15, 0.2) is 6.10 Å². The van der Waals surface area contributed by atoms with Gasteiger partial charge in [0.2, 0.25) is 0 Å². The lowest BCUT2D eigenvalue weighted by atomic mass is 10.1. The smallest absolute Gasteiger partial charge is 0.332 e. The zero-order chi connectivity index (χ0) is 9.84. The van der Waals surface area contributed by atoms with Crippen molar-refractivity contribution in [3.05, 3.63) is 34.3 Å². The van der Waals surface area contributed by atoms with E-state index in [2.05, 4.69) is 15.9 Å². The van der Waals surface area contributed by atoms with Gasteiger partial charge in [0.05, 0.1) is 0 Å². The molecule has 4 heteroatoms. The average molecular weight is 245 g/mol. The average Bonchev–Trinajstić information content (AvgIpc) is 2.04. The highest BCUT2D eigenvalue weighted by molar-refractivity contribution is 9.10. The Labute approximate surface area is 84.1 Å². The second-order valence-electron chi connectivity index (χ2n) is 2.69. The summed E-state index contributed by atoms with van der Waals surface area (Å²) in [7, 11) is 0. The largest absolute Gasteiger partial charge is 0.479 e. The molecule has 0 unspecified atom stereocenters. The zero-order valence-electron chi connectivity index (χ0n) is 6.77. The van der Waals surface area contributed by atoms with Crippen LogP contribution in [0.5, 0.6) is 0 Å². The highest BCUT2D eigenvalue weighted by atomic mass is 79.9. The van der Waals surface area contributed by atoms with Gasteiger partial charge in [-0.1, -0.05) is 28.1 Å². The Morgan fingerprint density at radius 3 is 2.77 bits per heavy atom. The fourth-order valence-corrected chi connectivity index (χ4v) is 1.42. The summed E-state index contributed by atoms with van der Waals surface area (Å²) < 4.78 is 0.877. The maximum Gasteiger partial charge on any atom is 0.332 e. The number of rotatable bonds is 3. The van der Waals surface area contributed by atoms with Gasteiger partial charge in [-0.3, -0.25) is 0 Å². The van der Waals surface area contributed by atoms with E-state index in [4.69, 9.17) is 10.2 Å².